The number of fused-ring (bicyclic) bond motifs is 1. The summed E-state index contributed by atoms with van der Waals surface area (Å²) in [7, 11) is 0. The summed E-state index contributed by atoms with van der Waals surface area (Å²) in [4.78, 5) is 28.8. The van der Waals surface area contributed by atoms with Crippen molar-refractivity contribution in [2.75, 3.05) is 43.0 Å². The second-order valence-corrected chi connectivity index (χ2v) is 6.85. The van der Waals surface area contributed by atoms with E-state index in [1.807, 2.05) is 0 Å². The zero-order valence-corrected chi connectivity index (χ0v) is 15.1. The highest BCUT2D eigenvalue weighted by Gasteiger charge is 2.26. The van der Waals surface area contributed by atoms with Gasteiger partial charge in [-0.15, -0.1) is 0 Å². The van der Waals surface area contributed by atoms with Crippen LogP contribution in [0.5, 0.6) is 5.75 Å². The minimum absolute atomic E-state index is 0.0467. The lowest BCUT2D eigenvalue weighted by molar-refractivity contribution is -0.121. The second-order valence-electron chi connectivity index (χ2n) is 6.85. The molecule has 0 bridgehead atoms. The quantitative estimate of drug-likeness (QED) is 0.877. The van der Waals surface area contributed by atoms with Crippen molar-refractivity contribution in [2.45, 2.75) is 19.3 Å². The molecule has 1 N–H and O–H groups in total. The van der Waals surface area contributed by atoms with Crippen LogP contribution in [0, 0.1) is 0 Å². The van der Waals surface area contributed by atoms with Gasteiger partial charge >= 0.3 is 0 Å². The predicted octanol–water partition coefficient (Wildman–Crippen LogP) is 2.74. The molecule has 7 heteroatoms. The summed E-state index contributed by atoms with van der Waals surface area (Å²) >= 11 is 0. The van der Waals surface area contributed by atoms with Crippen molar-refractivity contribution in [2.24, 2.45) is 0 Å². The Bertz CT molecular complexity index is 813. The lowest BCUT2D eigenvalue weighted by Gasteiger charge is -2.33. The highest BCUT2D eigenvalue weighted by Crippen LogP contribution is 2.34. The normalized spacial score (nSPS) is 17.3. The van der Waals surface area contributed by atoms with Gasteiger partial charge in [0.15, 0.2) is 12.4 Å². The molecule has 0 radical (unpaired) electrons. The maximum absolute atomic E-state index is 12.4. The summed E-state index contributed by atoms with van der Waals surface area (Å²) in [6.45, 7) is 3.68. The van der Waals surface area contributed by atoms with Crippen LogP contribution in [0.1, 0.15) is 29.8 Å². The number of furan rings is 1. The summed E-state index contributed by atoms with van der Waals surface area (Å²) < 4.78 is 10.7. The molecule has 0 unspecified atom stereocenters. The Morgan fingerprint density at radius 2 is 1.96 bits per heavy atom. The first-order valence-electron chi connectivity index (χ1n) is 9.35. The number of piperidine rings is 1. The van der Waals surface area contributed by atoms with Crippen molar-refractivity contribution in [3.05, 3.63) is 42.4 Å². The average Bonchev–Trinajstić information content (AvgIpc) is 3.23. The van der Waals surface area contributed by atoms with E-state index in [-0.39, 0.29) is 24.2 Å². The molecular formula is C20H23N3O4. The van der Waals surface area contributed by atoms with Gasteiger partial charge in [-0.25, -0.2) is 0 Å². The third-order valence-corrected chi connectivity index (χ3v) is 4.99. The number of nitrogens with zero attached hydrogens (tertiary/aromatic N) is 2. The van der Waals surface area contributed by atoms with E-state index in [0.29, 0.717) is 23.7 Å². The van der Waals surface area contributed by atoms with Crippen LogP contribution in [0.2, 0.25) is 0 Å². The van der Waals surface area contributed by atoms with Crippen LogP contribution in [0.3, 0.4) is 0 Å². The summed E-state index contributed by atoms with van der Waals surface area (Å²) in [5.74, 6) is 0.503. The lowest BCUT2D eigenvalue weighted by atomic mass is 10.1. The van der Waals surface area contributed by atoms with Gasteiger partial charge in [0.2, 0.25) is 0 Å². The SMILES string of the molecule is O=C(Nc1ccc2c(c1)N(CCN1CCCCC1)C(=O)CO2)c1ccco1. The maximum atomic E-state index is 12.4. The van der Waals surface area contributed by atoms with Crippen LogP contribution in [0.4, 0.5) is 11.4 Å². The Labute approximate surface area is 157 Å². The molecule has 2 aliphatic heterocycles. The number of benzene rings is 1. The monoisotopic (exact) mass is 369 g/mol. The predicted molar refractivity (Wildman–Crippen MR) is 101 cm³/mol. The molecule has 7 nitrogen and oxygen atoms in total. The number of carbonyl (C=O) groups excluding carboxylic acids is 2. The summed E-state index contributed by atoms with van der Waals surface area (Å²) in [6, 6.07) is 8.59. The number of hydrogen-bond acceptors (Lipinski definition) is 5. The first-order chi connectivity index (χ1) is 13.2. The van der Waals surface area contributed by atoms with Gasteiger partial charge in [0.1, 0.15) is 5.75 Å². The number of ether oxygens (including phenoxy) is 1. The van der Waals surface area contributed by atoms with Crippen LogP contribution in [-0.2, 0) is 4.79 Å². The van der Waals surface area contributed by atoms with Crippen molar-refractivity contribution in [1.29, 1.82) is 0 Å². The fourth-order valence-electron chi connectivity index (χ4n) is 3.55. The molecule has 0 saturated carbocycles. The first kappa shape index (κ1) is 17.6. The van der Waals surface area contributed by atoms with Crippen molar-refractivity contribution in [1.82, 2.24) is 4.90 Å². The largest absolute Gasteiger partial charge is 0.482 e. The Balaban J connectivity index is 1.49. The van der Waals surface area contributed by atoms with E-state index in [2.05, 4.69) is 10.2 Å². The van der Waals surface area contributed by atoms with Crippen LogP contribution in [0.25, 0.3) is 0 Å². The van der Waals surface area contributed by atoms with Crippen LogP contribution < -0.4 is 15.0 Å². The number of carbonyl (C=O) groups is 2. The standard InChI is InChI=1S/C20H23N3O4/c24-19-14-27-17-7-6-15(21-20(25)18-5-4-12-26-18)13-16(17)23(19)11-10-22-8-2-1-3-9-22/h4-7,12-13H,1-3,8-11,14H2,(H,21,25). The molecule has 0 atom stereocenters. The van der Waals surface area contributed by atoms with Gasteiger partial charge in [0, 0.05) is 18.8 Å². The third-order valence-electron chi connectivity index (χ3n) is 4.99. The van der Waals surface area contributed by atoms with E-state index < -0.39 is 0 Å². The van der Waals surface area contributed by atoms with E-state index >= 15 is 0 Å². The van der Waals surface area contributed by atoms with Crippen LogP contribution >= 0.6 is 0 Å². The first-order valence-corrected chi connectivity index (χ1v) is 9.35. The number of amides is 2. The average molecular weight is 369 g/mol. The zero-order chi connectivity index (χ0) is 18.6. The molecule has 1 aromatic carbocycles. The highest BCUT2D eigenvalue weighted by atomic mass is 16.5. The Morgan fingerprint density at radius 3 is 2.74 bits per heavy atom. The van der Waals surface area contributed by atoms with Crippen molar-refractivity contribution < 1.29 is 18.7 Å². The van der Waals surface area contributed by atoms with Gasteiger partial charge in [-0.05, 0) is 56.3 Å². The summed E-state index contributed by atoms with van der Waals surface area (Å²) in [6.07, 6.45) is 5.18. The van der Waals surface area contributed by atoms with E-state index in [1.54, 1.807) is 35.2 Å². The van der Waals surface area contributed by atoms with Gasteiger partial charge in [-0.1, -0.05) is 6.42 Å². The maximum Gasteiger partial charge on any atom is 0.291 e. The molecule has 2 aromatic rings. The van der Waals surface area contributed by atoms with E-state index in [4.69, 9.17) is 9.15 Å². The Morgan fingerprint density at radius 1 is 1.11 bits per heavy atom. The van der Waals surface area contributed by atoms with Gasteiger partial charge in [-0.2, -0.15) is 0 Å². The minimum atomic E-state index is -0.331. The third kappa shape index (κ3) is 3.98. The molecule has 2 aliphatic rings. The van der Waals surface area contributed by atoms with Crippen molar-refractivity contribution >= 4 is 23.2 Å². The topological polar surface area (TPSA) is 75.0 Å². The van der Waals surface area contributed by atoms with Crippen molar-refractivity contribution in [3.63, 3.8) is 0 Å². The van der Waals surface area contributed by atoms with Crippen LogP contribution in [0.15, 0.2) is 41.0 Å². The van der Waals surface area contributed by atoms with E-state index in [0.717, 1.165) is 19.6 Å². The molecule has 1 saturated heterocycles. The smallest absolute Gasteiger partial charge is 0.291 e. The van der Waals surface area contributed by atoms with Gasteiger partial charge in [0.05, 0.1) is 12.0 Å². The van der Waals surface area contributed by atoms with Gasteiger partial charge in [0.25, 0.3) is 11.8 Å². The van der Waals surface area contributed by atoms with E-state index in [1.165, 1.54) is 25.5 Å². The summed E-state index contributed by atoms with van der Waals surface area (Å²) in [5, 5.41) is 2.80. The molecule has 1 aromatic heterocycles. The van der Waals surface area contributed by atoms with Gasteiger partial charge < -0.3 is 24.3 Å². The Kier molecular flexibility index (Phi) is 5.11. The Hall–Kier alpha value is -2.80. The number of anilines is 2. The molecule has 27 heavy (non-hydrogen) atoms. The number of rotatable bonds is 5. The van der Waals surface area contributed by atoms with Crippen LogP contribution in [-0.4, -0.2) is 49.5 Å². The molecule has 0 spiro atoms. The van der Waals surface area contributed by atoms with Gasteiger partial charge in [-0.3, -0.25) is 9.59 Å². The molecular weight excluding hydrogens is 346 g/mol. The second kappa shape index (κ2) is 7.84. The molecule has 1 fully saturated rings. The molecule has 0 aliphatic carbocycles. The number of likely N-dealkylation sites (tertiary alicyclic amines) is 1. The number of hydrogen-bond donors (Lipinski definition) is 1. The fraction of sp³-hybridized carbons (Fsp3) is 0.400. The molecule has 3 heterocycles. The molecule has 2 amide bonds. The van der Waals surface area contributed by atoms with E-state index in [9.17, 15) is 9.59 Å². The molecule has 142 valence electrons. The fourth-order valence-corrected chi connectivity index (χ4v) is 3.55. The minimum Gasteiger partial charge on any atom is -0.482 e. The summed E-state index contributed by atoms with van der Waals surface area (Å²) in [5.41, 5.74) is 1.29. The molecule has 4 rings (SSSR count). The highest BCUT2D eigenvalue weighted by molar-refractivity contribution is 6.03. The lowest BCUT2D eigenvalue weighted by Crippen LogP contribution is -2.44. The zero-order valence-electron chi connectivity index (χ0n) is 15.1. The van der Waals surface area contributed by atoms with Crippen molar-refractivity contribution in [3.8, 4) is 5.75 Å². The number of nitrogens with one attached hydrogen (secondary N) is 1.